The molecular weight excluding hydrogens is 436 g/mol. The lowest BCUT2D eigenvalue weighted by Gasteiger charge is -2.25. The topological polar surface area (TPSA) is 25.2 Å². The number of hydrogen-bond donors (Lipinski definition) is 0. The monoisotopic (exact) mass is 458 g/mol. The second-order valence-corrected chi connectivity index (χ2v) is 8.70. The van der Waals surface area contributed by atoms with Gasteiger partial charge in [-0.15, -0.1) is 0 Å². The fourth-order valence-electron chi connectivity index (χ4n) is 3.24. The van der Waals surface area contributed by atoms with Crippen LogP contribution in [0.25, 0.3) is 0 Å². The Labute approximate surface area is 180 Å². The first-order valence-corrected chi connectivity index (χ1v) is 10.5. The zero-order valence-corrected chi connectivity index (χ0v) is 18.5. The first-order valence-electron chi connectivity index (χ1n) is 9.35. The lowest BCUT2D eigenvalue weighted by Crippen LogP contribution is -2.34. The van der Waals surface area contributed by atoms with E-state index in [0.29, 0.717) is 24.6 Å². The van der Waals surface area contributed by atoms with Crippen LogP contribution >= 0.6 is 27.5 Å². The van der Waals surface area contributed by atoms with Gasteiger partial charge in [0.2, 0.25) is 0 Å². The van der Waals surface area contributed by atoms with Gasteiger partial charge in [-0.1, -0.05) is 59.6 Å². The highest BCUT2D eigenvalue weighted by Gasteiger charge is 2.19. The molecule has 1 heterocycles. The molecule has 0 aliphatic heterocycles. The SMILES string of the molecule is CC(C)CN(Cc1cccn1Cc1cccc(Cl)c1)C(=O)c1cccc(Br)c1. The molecule has 0 atom stereocenters. The molecule has 0 aliphatic carbocycles. The largest absolute Gasteiger partial charge is 0.345 e. The minimum Gasteiger partial charge on any atom is -0.345 e. The van der Waals surface area contributed by atoms with Crippen molar-refractivity contribution in [3.05, 3.63) is 93.2 Å². The van der Waals surface area contributed by atoms with E-state index >= 15 is 0 Å². The molecule has 1 aromatic heterocycles. The van der Waals surface area contributed by atoms with Crippen LogP contribution in [0.4, 0.5) is 0 Å². The lowest BCUT2D eigenvalue weighted by molar-refractivity contribution is 0.0718. The molecule has 0 unspecified atom stereocenters. The van der Waals surface area contributed by atoms with E-state index in [9.17, 15) is 4.79 Å². The molecule has 0 N–H and O–H groups in total. The van der Waals surface area contributed by atoms with Crippen LogP contribution in [0.2, 0.25) is 5.02 Å². The van der Waals surface area contributed by atoms with Crippen molar-refractivity contribution in [1.29, 1.82) is 0 Å². The van der Waals surface area contributed by atoms with Crippen LogP contribution in [0.3, 0.4) is 0 Å². The van der Waals surface area contributed by atoms with E-state index < -0.39 is 0 Å². The average molecular weight is 460 g/mol. The number of nitrogens with zero attached hydrogens (tertiary/aromatic N) is 2. The van der Waals surface area contributed by atoms with Gasteiger partial charge in [0, 0.05) is 40.0 Å². The molecule has 3 aromatic rings. The number of benzene rings is 2. The number of aromatic nitrogens is 1. The third-order valence-electron chi connectivity index (χ3n) is 4.46. The summed E-state index contributed by atoms with van der Waals surface area (Å²) in [4.78, 5) is 15.1. The lowest BCUT2D eigenvalue weighted by atomic mass is 10.1. The van der Waals surface area contributed by atoms with Crippen LogP contribution in [0.5, 0.6) is 0 Å². The molecule has 3 nitrogen and oxygen atoms in total. The second-order valence-electron chi connectivity index (χ2n) is 7.35. The van der Waals surface area contributed by atoms with Crippen molar-refractivity contribution in [3.8, 4) is 0 Å². The van der Waals surface area contributed by atoms with Crippen LogP contribution < -0.4 is 0 Å². The number of halogens is 2. The van der Waals surface area contributed by atoms with Gasteiger partial charge in [-0.2, -0.15) is 0 Å². The van der Waals surface area contributed by atoms with E-state index in [1.54, 1.807) is 0 Å². The van der Waals surface area contributed by atoms with Gasteiger partial charge in [0.25, 0.3) is 5.91 Å². The highest BCUT2D eigenvalue weighted by Crippen LogP contribution is 2.18. The Balaban J connectivity index is 1.82. The van der Waals surface area contributed by atoms with E-state index in [-0.39, 0.29) is 5.91 Å². The van der Waals surface area contributed by atoms with Gasteiger partial charge in [0.1, 0.15) is 0 Å². The highest BCUT2D eigenvalue weighted by atomic mass is 79.9. The fraction of sp³-hybridized carbons (Fsp3) is 0.261. The smallest absolute Gasteiger partial charge is 0.254 e. The molecule has 1 amide bonds. The maximum absolute atomic E-state index is 13.2. The molecule has 3 rings (SSSR count). The van der Waals surface area contributed by atoms with Crippen molar-refractivity contribution in [2.45, 2.75) is 26.9 Å². The van der Waals surface area contributed by atoms with Crippen LogP contribution in [-0.2, 0) is 13.1 Å². The maximum Gasteiger partial charge on any atom is 0.254 e. The molecule has 0 saturated heterocycles. The summed E-state index contributed by atoms with van der Waals surface area (Å²) in [6, 6.07) is 19.5. The maximum atomic E-state index is 13.2. The summed E-state index contributed by atoms with van der Waals surface area (Å²) >= 11 is 9.58. The van der Waals surface area contributed by atoms with Crippen LogP contribution in [0, 0.1) is 5.92 Å². The van der Waals surface area contributed by atoms with E-state index in [1.165, 1.54) is 0 Å². The average Bonchev–Trinajstić information content (AvgIpc) is 3.07. The zero-order valence-electron chi connectivity index (χ0n) is 16.1. The number of carbonyl (C=O) groups excluding carboxylic acids is 1. The summed E-state index contributed by atoms with van der Waals surface area (Å²) in [6.07, 6.45) is 2.05. The van der Waals surface area contributed by atoms with Crippen molar-refractivity contribution in [2.24, 2.45) is 5.92 Å². The number of amides is 1. The third-order valence-corrected chi connectivity index (χ3v) is 5.19. The van der Waals surface area contributed by atoms with E-state index in [1.807, 2.05) is 59.6 Å². The molecule has 2 aromatic carbocycles. The van der Waals surface area contributed by atoms with E-state index in [4.69, 9.17) is 11.6 Å². The summed E-state index contributed by atoms with van der Waals surface area (Å²) < 4.78 is 3.08. The van der Waals surface area contributed by atoms with Crippen molar-refractivity contribution in [1.82, 2.24) is 9.47 Å². The van der Waals surface area contributed by atoms with Gasteiger partial charge in [-0.25, -0.2) is 0 Å². The number of carbonyl (C=O) groups is 1. The van der Waals surface area contributed by atoms with Crippen molar-refractivity contribution in [3.63, 3.8) is 0 Å². The number of hydrogen-bond acceptors (Lipinski definition) is 1. The predicted octanol–water partition coefficient (Wildman–Crippen LogP) is 6.25. The van der Waals surface area contributed by atoms with E-state index in [2.05, 4.69) is 46.5 Å². The van der Waals surface area contributed by atoms with Crippen LogP contribution in [-0.4, -0.2) is 21.9 Å². The third kappa shape index (κ3) is 5.49. The molecule has 0 spiro atoms. The van der Waals surface area contributed by atoms with Gasteiger partial charge in [-0.3, -0.25) is 4.79 Å². The zero-order chi connectivity index (χ0) is 20.1. The van der Waals surface area contributed by atoms with E-state index in [0.717, 1.165) is 27.3 Å². The quantitative estimate of drug-likeness (QED) is 0.410. The first kappa shape index (κ1) is 20.7. The Kier molecular flexibility index (Phi) is 6.97. The Morgan fingerprint density at radius 3 is 2.61 bits per heavy atom. The summed E-state index contributed by atoms with van der Waals surface area (Å²) in [7, 11) is 0. The molecule has 0 aliphatic rings. The molecule has 5 heteroatoms. The molecule has 0 bridgehead atoms. The Hall–Kier alpha value is -2.04. The van der Waals surface area contributed by atoms with Crippen LogP contribution in [0.1, 0.15) is 35.5 Å². The van der Waals surface area contributed by atoms with Crippen molar-refractivity contribution < 1.29 is 4.79 Å². The van der Waals surface area contributed by atoms with Crippen molar-refractivity contribution in [2.75, 3.05) is 6.54 Å². The highest BCUT2D eigenvalue weighted by molar-refractivity contribution is 9.10. The molecule has 0 saturated carbocycles. The summed E-state index contributed by atoms with van der Waals surface area (Å²) in [6.45, 7) is 6.26. The molecule has 0 fully saturated rings. The summed E-state index contributed by atoms with van der Waals surface area (Å²) in [5.41, 5.74) is 2.94. The Morgan fingerprint density at radius 2 is 1.89 bits per heavy atom. The predicted molar refractivity (Wildman–Crippen MR) is 119 cm³/mol. The molecule has 146 valence electrons. The van der Waals surface area contributed by atoms with Gasteiger partial charge < -0.3 is 9.47 Å². The normalized spacial score (nSPS) is 11.0. The minimum absolute atomic E-state index is 0.0468. The summed E-state index contributed by atoms with van der Waals surface area (Å²) in [5, 5.41) is 0.734. The Morgan fingerprint density at radius 1 is 1.11 bits per heavy atom. The Bertz CT molecular complexity index is 951. The second kappa shape index (κ2) is 9.44. The number of rotatable bonds is 7. The van der Waals surface area contributed by atoms with Crippen LogP contribution in [0.15, 0.2) is 71.3 Å². The van der Waals surface area contributed by atoms with Gasteiger partial charge in [0.15, 0.2) is 0 Å². The van der Waals surface area contributed by atoms with Gasteiger partial charge in [0.05, 0.1) is 6.54 Å². The molecule has 28 heavy (non-hydrogen) atoms. The summed E-state index contributed by atoms with van der Waals surface area (Å²) in [5.74, 6) is 0.429. The minimum atomic E-state index is 0.0468. The molecular formula is C23H24BrClN2O. The standard InChI is InChI=1S/C23H24BrClN2O/c1-17(2)14-27(23(28)19-7-4-8-20(24)13-19)16-22-10-5-11-26(22)15-18-6-3-9-21(25)12-18/h3-13,17H,14-16H2,1-2H3. The van der Waals surface area contributed by atoms with Crippen molar-refractivity contribution >= 4 is 33.4 Å². The first-order chi connectivity index (χ1) is 13.4. The fourth-order valence-corrected chi connectivity index (χ4v) is 3.85. The van der Waals surface area contributed by atoms with Gasteiger partial charge >= 0.3 is 0 Å². The molecule has 0 radical (unpaired) electrons. The van der Waals surface area contributed by atoms with Gasteiger partial charge in [-0.05, 0) is 53.9 Å².